The van der Waals surface area contributed by atoms with Crippen molar-refractivity contribution < 1.29 is 17.9 Å². The molecule has 0 amide bonds. The Balaban J connectivity index is 2.80. The largest absolute Gasteiger partial charge is 0.496 e. The van der Waals surface area contributed by atoms with E-state index in [2.05, 4.69) is 15.9 Å². The van der Waals surface area contributed by atoms with E-state index in [1.165, 1.54) is 7.11 Å². The highest BCUT2D eigenvalue weighted by Gasteiger charge is 2.28. The van der Waals surface area contributed by atoms with Gasteiger partial charge in [0.1, 0.15) is 5.75 Å². The molecule has 6 heteroatoms. The summed E-state index contributed by atoms with van der Waals surface area (Å²) in [5.74, 6) is 0.503. The van der Waals surface area contributed by atoms with Gasteiger partial charge in [-0.2, -0.15) is 13.2 Å². The van der Waals surface area contributed by atoms with Gasteiger partial charge in [-0.05, 0) is 24.6 Å². The normalized spacial score (nSPS) is 13.5. The number of halogens is 4. The molecule has 1 atom stereocenters. The average molecular weight is 312 g/mol. The van der Waals surface area contributed by atoms with Gasteiger partial charge in [-0.25, -0.2) is 0 Å². The molecule has 0 bridgehead atoms. The van der Waals surface area contributed by atoms with Gasteiger partial charge < -0.3 is 10.5 Å². The van der Waals surface area contributed by atoms with Gasteiger partial charge >= 0.3 is 6.18 Å². The van der Waals surface area contributed by atoms with Crippen LogP contribution in [0, 0.1) is 0 Å². The van der Waals surface area contributed by atoms with Crippen molar-refractivity contribution in [3.8, 4) is 5.75 Å². The first-order valence-electron chi connectivity index (χ1n) is 4.99. The molecule has 2 N–H and O–H groups in total. The smallest absolute Gasteiger partial charge is 0.389 e. The number of benzene rings is 1. The lowest BCUT2D eigenvalue weighted by Crippen LogP contribution is -2.16. The van der Waals surface area contributed by atoms with Crippen LogP contribution in [-0.2, 0) is 0 Å². The van der Waals surface area contributed by atoms with Gasteiger partial charge in [0.05, 0.1) is 7.11 Å². The summed E-state index contributed by atoms with van der Waals surface area (Å²) >= 11 is 3.25. The second kappa shape index (κ2) is 5.73. The summed E-state index contributed by atoms with van der Waals surface area (Å²) in [4.78, 5) is 0. The number of alkyl halides is 3. The average Bonchev–Trinajstić information content (AvgIpc) is 2.25. The van der Waals surface area contributed by atoms with Gasteiger partial charge in [-0.3, -0.25) is 0 Å². The maximum absolute atomic E-state index is 12.1. The summed E-state index contributed by atoms with van der Waals surface area (Å²) in [6.07, 6.45) is -5.24. The molecule has 96 valence electrons. The van der Waals surface area contributed by atoms with Crippen molar-refractivity contribution >= 4 is 15.9 Å². The van der Waals surface area contributed by atoms with Crippen LogP contribution in [0.25, 0.3) is 0 Å². The number of methoxy groups -OCH3 is 1. The number of nitrogens with two attached hydrogens (primary N) is 1. The molecular weight excluding hydrogens is 299 g/mol. The van der Waals surface area contributed by atoms with Crippen molar-refractivity contribution in [3.63, 3.8) is 0 Å². The molecule has 0 fully saturated rings. The first kappa shape index (κ1) is 14.3. The predicted octanol–water partition coefficient (Wildman–Crippen LogP) is 3.80. The second-order valence-corrected chi connectivity index (χ2v) is 4.56. The summed E-state index contributed by atoms with van der Waals surface area (Å²) in [5, 5.41) is 0. The Morgan fingerprint density at radius 2 is 2.06 bits per heavy atom. The fourth-order valence-electron chi connectivity index (χ4n) is 1.47. The minimum absolute atomic E-state index is 0.156. The molecule has 0 saturated carbocycles. The summed E-state index contributed by atoms with van der Waals surface area (Å²) in [5.41, 5.74) is 6.32. The van der Waals surface area contributed by atoms with Crippen molar-refractivity contribution in [1.29, 1.82) is 0 Å². The number of hydrogen-bond donors (Lipinski definition) is 1. The molecule has 1 aromatic rings. The van der Waals surface area contributed by atoms with E-state index in [0.717, 1.165) is 4.47 Å². The lowest BCUT2D eigenvalue weighted by Gasteiger charge is -2.17. The van der Waals surface area contributed by atoms with Crippen molar-refractivity contribution in [3.05, 3.63) is 28.2 Å². The number of ether oxygens (including phenoxy) is 1. The van der Waals surface area contributed by atoms with Gasteiger partial charge in [-0.15, -0.1) is 0 Å². The third-order valence-corrected chi connectivity index (χ3v) is 2.82. The Morgan fingerprint density at radius 1 is 1.41 bits per heavy atom. The Bertz CT molecular complexity index is 381. The first-order chi connectivity index (χ1) is 7.83. The SMILES string of the molecule is COc1ccc(Br)cc1C(N)CCC(F)(F)F. The lowest BCUT2D eigenvalue weighted by molar-refractivity contribution is -0.136. The molecular formula is C11H13BrF3NO. The van der Waals surface area contributed by atoms with Crippen LogP contribution in [0.3, 0.4) is 0 Å². The van der Waals surface area contributed by atoms with Gasteiger partial charge in [0.25, 0.3) is 0 Å². The van der Waals surface area contributed by atoms with Gasteiger partial charge in [0, 0.05) is 22.5 Å². The van der Waals surface area contributed by atoms with Crippen LogP contribution < -0.4 is 10.5 Å². The standard InChI is InChI=1S/C11H13BrF3NO/c1-17-10-3-2-7(12)6-8(10)9(16)4-5-11(13,14)15/h2-3,6,9H,4-5,16H2,1H3. The predicted molar refractivity (Wildman–Crippen MR) is 62.9 cm³/mol. The van der Waals surface area contributed by atoms with Gasteiger partial charge in [-0.1, -0.05) is 15.9 Å². The van der Waals surface area contributed by atoms with Crippen LogP contribution in [0.4, 0.5) is 13.2 Å². The zero-order valence-electron chi connectivity index (χ0n) is 9.22. The third-order valence-electron chi connectivity index (χ3n) is 2.33. The monoisotopic (exact) mass is 311 g/mol. The molecule has 0 heterocycles. The molecule has 2 nitrogen and oxygen atoms in total. The highest BCUT2D eigenvalue weighted by Crippen LogP contribution is 2.32. The van der Waals surface area contributed by atoms with Crippen LogP contribution in [0.1, 0.15) is 24.4 Å². The van der Waals surface area contributed by atoms with Crippen LogP contribution in [0.5, 0.6) is 5.75 Å². The zero-order valence-corrected chi connectivity index (χ0v) is 10.8. The van der Waals surface area contributed by atoms with E-state index in [0.29, 0.717) is 11.3 Å². The number of hydrogen-bond acceptors (Lipinski definition) is 2. The fraction of sp³-hybridized carbons (Fsp3) is 0.455. The molecule has 1 aromatic carbocycles. The quantitative estimate of drug-likeness (QED) is 0.918. The fourth-order valence-corrected chi connectivity index (χ4v) is 1.85. The molecule has 17 heavy (non-hydrogen) atoms. The van der Waals surface area contributed by atoms with E-state index in [4.69, 9.17) is 10.5 Å². The van der Waals surface area contributed by atoms with E-state index in [9.17, 15) is 13.2 Å². The van der Waals surface area contributed by atoms with E-state index < -0.39 is 18.6 Å². The summed E-state index contributed by atoms with van der Waals surface area (Å²) in [6, 6.07) is 4.41. The maximum atomic E-state index is 12.1. The summed E-state index contributed by atoms with van der Waals surface area (Å²) in [7, 11) is 1.46. The Labute approximate surface area is 106 Å². The van der Waals surface area contributed by atoms with Crippen LogP contribution in [-0.4, -0.2) is 13.3 Å². The van der Waals surface area contributed by atoms with Crippen LogP contribution in [0.2, 0.25) is 0 Å². The zero-order chi connectivity index (χ0) is 13.1. The van der Waals surface area contributed by atoms with E-state index in [1.54, 1.807) is 18.2 Å². The van der Waals surface area contributed by atoms with E-state index >= 15 is 0 Å². The Morgan fingerprint density at radius 3 is 2.59 bits per heavy atom. The summed E-state index contributed by atoms with van der Waals surface area (Å²) < 4.78 is 42.1. The summed E-state index contributed by atoms with van der Waals surface area (Å²) in [6.45, 7) is 0. The van der Waals surface area contributed by atoms with E-state index in [-0.39, 0.29) is 6.42 Å². The molecule has 0 radical (unpaired) electrons. The molecule has 1 unspecified atom stereocenters. The van der Waals surface area contributed by atoms with Crippen molar-refractivity contribution in [2.24, 2.45) is 5.73 Å². The maximum Gasteiger partial charge on any atom is 0.389 e. The van der Waals surface area contributed by atoms with Crippen molar-refractivity contribution in [2.75, 3.05) is 7.11 Å². The molecule has 0 aliphatic rings. The van der Waals surface area contributed by atoms with Gasteiger partial charge in [0.2, 0.25) is 0 Å². The van der Waals surface area contributed by atoms with Crippen molar-refractivity contribution in [1.82, 2.24) is 0 Å². The molecule has 0 aliphatic carbocycles. The first-order valence-corrected chi connectivity index (χ1v) is 5.78. The molecule has 1 rings (SSSR count). The Hall–Kier alpha value is -0.750. The lowest BCUT2D eigenvalue weighted by atomic mass is 10.0. The van der Waals surface area contributed by atoms with E-state index in [1.807, 2.05) is 0 Å². The highest BCUT2D eigenvalue weighted by molar-refractivity contribution is 9.10. The van der Waals surface area contributed by atoms with Gasteiger partial charge in [0.15, 0.2) is 0 Å². The molecule has 0 aromatic heterocycles. The van der Waals surface area contributed by atoms with Crippen LogP contribution in [0.15, 0.2) is 22.7 Å². The number of rotatable bonds is 4. The third kappa shape index (κ3) is 4.55. The Kier molecular flexibility index (Phi) is 4.82. The molecule has 0 aliphatic heterocycles. The second-order valence-electron chi connectivity index (χ2n) is 3.65. The molecule has 0 saturated heterocycles. The minimum atomic E-state index is -4.18. The minimum Gasteiger partial charge on any atom is -0.496 e. The van der Waals surface area contributed by atoms with Crippen LogP contribution >= 0.6 is 15.9 Å². The van der Waals surface area contributed by atoms with Crippen molar-refractivity contribution in [2.45, 2.75) is 25.1 Å². The molecule has 0 spiro atoms. The topological polar surface area (TPSA) is 35.2 Å². The highest BCUT2D eigenvalue weighted by atomic mass is 79.9.